The van der Waals surface area contributed by atoms with Gasteiger partial charge in [0.15, 0.2) is 5.82 Å². The summed E-state index contributed by atoms with van der Waals surface area (Å²) in [6.07, 6.45) is 0.822. The molecule has 0 aliphatic rings. The van der Waals surface area contributed by atoms with Gasteiger partial charge < -0.3 is 10.6 Å². The van der Waals surface area contributed by atoms with Crippen molar-refractivity contribution in [2.24, 2.45) is 0 Å². The van der Waals surface area contributed by atoms with Crippen LogP contribution in [0.25, 0.3) is 11.4 Å². The summed E-state index contributed by atoms with van der Waals surface area (Å²) in [6.45, 7) is 3.95. The van der Waals surface area contributed by atoms with Gasteiger partial charge in [0.1, 0.15) is 17.6 Å². The lowest BCUT2D eigenvalue weighted by Crippen LogP contribution is -2.32. The number of rotatable bonds is 6. The highest BCUT2D eigenvalue weighted by atomic mass is 16.1. The summed E-state index contributed by atoms with van der Waals surface area (Å²) in [4.78, 5) is 21.6. The van der Waals surface area contributed by atoms with Gasteiger partial charge in [-0.25, -0.2) is 9.97 Å². The molecule has 28 heavy (non-hydrogen) atoms. The minimum absolute atomic E-state index is 0.0402. The van der Waals surface area contributed by atoms with Gasteiger partial charge in [-0.05, 0) is 25.5 Å². The number of hydrogen-bond donors (Lipinski definition) is 2. The smallest absolute Gasteiger partial charge is 0.270 e. The zero-order valence-electron chi connectivity index (χ0n) is 15.8. The molecule has 140 valence electrons. The Morgan fingerprint density at radius 1 is 1.11 bits per heavy atom. The van der Waals surface area contributed by atoms with Crippen LogP contribution in [0.3, 0.4) is 0 Å². The van der Waals surface area contributed by atoms with E-state index in [0.717, 1.165) is 12.0 Å². The van der Waals surface area contributed by atoms with Crippen molar-refractivity contribution in [3.8, 4) is 17.5 Å². The Kier molecular flexibility index (Phi) is 5.97. The van der Waals surface area contributed by atoms with Gasteiger partial charge in [0.25, 0.3) is 5.91 Å². The number of carbonyl (C=O) groups is 1. The first-order valence-electron chi connectivity index (χ1n) is 9.12. The first-order chi connectivity index (χ1) is 13.6. The number of benzene rings is 2. The van der Waals surface area contributed by atoms with E-state index in [0.29, 0.717) is 22.9 Å². The van der Waals surface area contributed by atoms with Crippen molar-refractivity contribution in [2.75, 3.05) is 5.32 Å². The second-order valence-corrected chi connectivity index (χ2v) is 6.39. The molecule has 0 bridgehead atoms. The Labute approximate surface area is 164 Å². The van der Waals surface area contributed by atoms with Crippen LogP contribution in [0.1, 0.15) is 36.3 Å². The van der Waals surface area contributed by atoms with Crippen molar-refractivity contribution in [2.45, 2.75) is 26.3 Å². The van der Waals surface area contributed by atoms with Crippen molar-refractivity contribution in [1.82, 2.24) is 15.3 Å². The van der Waals surface area contributed by atoms with E-state index in [1.807, 2.05) is 50.2 Å². The van der Waals surface area contributed by atoms with Crippen molar-refractivity contribution < 1.29 is 4.79 Å². The van der Waals surface area contributed by atoms with Gasteiger partial charge in [-0.15, -0.1) is 0 Å². The standard InChI is InChI=1S/C22H21N5O/c1-3-15(2)24-22(28)19-13-20(25-18-12-8-7-11-17(18)14-23)27-21(26-19)16-9-5-4-6-10-16/h4-13,15H,3H2,1-2H3,(H,24,28)(H,25,26,27). The minimum atomic E-state index is -0.259. The molecule has 0 spiro atoms. The molecule has 1 amide bonds. The molecule has 6 nitrogen and oxygen atoms in total. The predicted octanol–water partition coefficient (Wildman–Crippen LogP) is 4.29. The molecule has 2 aromatic carbocycles. The summed E-state index contributed by atoms with van der Waals surface area (Å²) >= 11 is 0. The number of nitriles is 1. The predicted molar refractivity (Wildman–Crippen MR) is 109 cm³/mol. The second-order valence-electron chi connectivity index (χ2n) is 6.39. The third kappa shape index (κ3) is 4.51. The van der Waals surface area contributed by atoms with Crippen LogP contribution in [0, 0.1) is 11.3 Å². The summed E-state index contributed by atoms with van der Waals surface area (Å²) in [5.74, 6) is 0.630. The number of carbonyl (C=O) groups excluding carboxylic acids is 1. The summed E-state index contributed by atoms with van der Waals surface area (Å²) < 4.78 is 0. The van der Waals surface area contributed by atoms with E-state index >= 15 is 0 Å². The van der Waals surface area contributed by atoms with Crippen LogP contribution < -0.4 is 10.6 Å². The second kappa shape index (κ2) is 8.78. The molecular formula is C22H21N5O. The number of nitrogens with zero attached hydrogens (tertiary/aromatic N) is 3. The van der Waals surface area contributed by atoms with Gasteiger partial charge in [-0.2, -0.15) is 5.26 Å². The minimum Gasteiger partial charge on any atom is -0.348 e. The molecular weight excluding hydrogens is 350 g/mol. The molecule has 0 radical (unpaired) electrons. The third-order valence-corrected chi connectivity index (χ3v) is 4.29. The summed E-state index contributed by atoms with van der Waals surface area (Å²) in [5, 5.41) is 15.4. The monoisotopic (exact) mass is 371 g/mol. The number of anilines is 2. The third-order valence-electron chi connectivity index (χ3n) is 4.29. The first-order valence-corrected chi connectivity index (χ1v) is 9.12. The van der Waals surface area contributed by atoms with Crippen molar-refractivity contribution in [3.63, 3.8) is 0 Å². The highest BCUT2D eigenvalue weighted by Gasteiger charge is 2.15. The Morgan fingerprint density at radius 2 is 1.82 bits per heavy atom. The van der Waals surface area contributed by atoms with Gasteiger partial charge in [0, 0.05) is 17.7 Å². The van der Waals surface area contributed by atoms with Crippen LogP contribution in [0.15, 0.2) is 60.7 Å². The summed E-state index contributed by atoms with van der Waals surface area (Å²) in [5.41, 5.74) is 2.19. The molecule has 0 fully saturated rings. The number of amides is 1. The number of para-hydroxylation sites is 1. The number of aromatic nitrogens is 2. The molecule has 0 aliphatic heterocycles. The Hall–Kier alpha value is -3.72. The maximum atomic E-state index is 12.6. The van der Waals surface area contributed by atoms with Crippen LogP contribution in [0.5, 0.6) is 0 Å². The summed E-state index contributed by atoms with van der Waals surface area (Å²) in [6, 6.07) is 20.4. The molecule has 3 rings (SSSR count). The molecule has 0 saturated heterocycles. The maximum absolute atomic E-state index is 12.6. The van der Waals surface area contributed by atoms with Crippen molar-refractivity contribution in [1.29, 1.82) is 5.26 Å². The van der Waals surface area contributed by atoms with E-state index in [-0.39, 0.29) is 17.6 Å². The lowest BCUT2D eigenvalue weighted by Gasteiger charge is -2.13. The van der Waals surface area contributed by atoms with E-state index in [9.17, 15) is 10.1 Å². The lowest BCUT2D eigenvalue weighted by molar-refractivity contribution is 0.0934. The van der Waals surface area contributed by atoms with Gasteiger partial charge in [-0.1, -0.05) is 49.4 Å². The normalized spacial score (nSPS) is 11.3. The van der Waals surface area contributed by atoms with Gasteiger partial charge in [0.05, 0.1) is 11.3 Å². The molecule has 1 unspecified atom stereocenters. The van der Waals surface area contributed by atoms with Crippen LogP contribution in [-0.2, 0) is 0 Å². The number of hydrogen-bond acceptors (Lipinski definition) is 5. The largest absolute Gasteiger partial charge is 0.348 e. The molecule has 2 N–H and O–H groups in total. The lowest BCUT2D eigenvalue weighted by atomic mass is 10.2. The van der Waals surface area contributed by atoms with Gasteiger partial charge >= 0.3 is 0 Å². The maximum Gasteiger partial charge on any atom is 0.270 e. The van der Waals surface area contributed by atoms with Crippen LogP contribution in [0.4, 0.5) is 11.5 Å². The molecule has 6 heteroatoms. The fraction of sp³-hybridized carbons (Fsp3) is 0.182. The highest BCUT2D eigenvalue weighted by molar-refractivity contribution is 5.93. The Balaban J connectivity index is 2.02. The molecule has 1 atom stereocenters. The first kappa shape index (κ1) is 19.1. The van der Waals surface area contributed by atoms with Crippen LogP contribution in [-0.4, -0.2) is 21.9 Å². The van der Waals surface area contributed by atoms with E-state index in [2.05, 4.69) is 26.7 Å². The molecule has 0 aliphatic carbocycles. The molecule has 3 aromatic rings. The van der Waals surface area contributed by atoms with Gasteiger partial charge in [-0.3, -0.25) is 4.79 Å². The molecule has 1 heterocycles. The number of nitrogens with one attached hydrogen (secondary N) is 2. The SMILES string of the molecule is CCC(C)NC(=O)c1cc(Nc2ccccc2C#N)nc(-c2ccccc2)n1. The Bertz CT molecular complexity index is 1010. The quantitative estimate of drug-likeness (QED) is 0.675. The van der Waals surface area contributed by atoms with E-state index in [1.165, 1.54) is 0 Å². The van der Waals surface area contributed by atoms with E-state index in [1.54, 1.807) is 24.3 Å². The van der Waals surface area contributed by atoms with Crippen LogP contribution in [0.2, 0.25) is 0 Å². The summed E-state index contributed by atoms with van der Waals surface area (Å²) in [7, 11) is 0. The Morgan fingerprint density at radius 3 is 2.54 bits per heavy atom. The van der Waals surface area contributed by atoms with Crippen molar-refractivity contribution >= 4 is 17.4 Å². The molecule has 0 saturated carbocycles. The fourth-order valence-corrected chi connectivity index (χ4v) is 2.57. The van der Waals surface area contributed by atoms with E-state index in [4.69, 9.17) is 0 Å². The van der Waals surface area contributed by atoms with Crippen LogP contribution >= 0.6 is 0 Å². The van der Waals surface area contributed by atoms with E-state index < -0.39 is 0 Å². The molecule has 1 aromatic heterocycles. The zero-order chi connectivity index (χ0) is 19.9. The average Bonchev–Trinajstić information content (AvgIpc) is 2.74. The topological polar surface area (TPSA) is 90.7 Å². The zero-order valence-corrected chi connectivity index (χ0v) is 15.8. The fourth-order valence-electron chi connectivity index (χ4n) is 2.57. The average molecular weight is 371 g/mol. The van der Waals surface area contributed by atoms with Crippen molar-refractivity contribution in [3.05, 3.63) is 71.9 Å². The highest BCUT2D eigenvalue weighted by Crippen LogP contribution is 2.22. The van der Waals surface area contributed by atoms with Gasteiger partial charge in [0.2, 0.25) is 0 Å².